The number of nitrogen functional groups attached to an aromatic ring is 1. The van der Waals surface area contributed by atoms with Crippen LogP contribution in [0.25, 0.3) is 10.2 Å². The highest BCUT2D eigenvalue weighted by Gasteiger charge is 2.10. The minimum Gasteiger partial charge on any atom is -0.368 e. The highest BCUT2D eigenvalue weighted by molar-refractivity contribution is 7.99. The normalized spacial score (nSPS) is 10.9. The molecule has 0 spiro atoms. The van der Waals surface area contributed by atoms with Crippen molar-refractivity contribution in [2.45, 2.75) is 17.1 Å². The van der Waals surface area contributed by atoms with Crippen molar-refractivity contribution in [3.05, 3.63) is 29.4 Å². The van der Waals surface area contributed by atoms with E-state index in [1.165, 1.54) is 11.8 Å². The second-order valence-electron chi connectivity index (χ2n) is 3.67. The lowest BCUT2D eigenvalue weighted by molar-refractivity contribution is 0.946. The van der Waals surface area contributed by atoms with Crippen molar-refractivity contribution < 1.29 is 0 Å². The van der Waals surface area contributed by atoms with Gasteiger partial charge in [0.2, 0.25) is 5.95 Å². The number of nitrogens with zero attached hydrogens (tertiary/aromatic N) is 4. The number of aromatic nitrogens is 4. The van der Waals surface area contributed by atoms with Crippen LogP contribution in [0.4, 0.5) is 5.95 Å². The summed E-state index contributed by atoms with van der Waals surface area (Å²) < 4.78 is 0. The van der Waals surface area contributed by atoms with E-state index in [4.69, 9.17) is 5.73 Å². The Morgan fingerprint density at radius 2 is 2.00 bits per heavy atom. The number of hydrogen-bond donors (Lipinski definition) is 1. The van der Waals surface area contributed by atoms with Gasteiger partial charge in [-0.05, 0) is 35.7 Å². The van der Waals surface area contributed by atoms with Crippen LogP contribution >= 0.6 is 23.1 Å². The molecular weight excluding hydrogens is 266 g/mol. The Hall–Kier alpha value is -1.73. The fraction of sp³-hybridized carbons (Fsp3) is 0.0909. The quantitative estimate of drug-likeness (QED) is 0.572. The van der Waals surface area contributed by atoms with Gasteiger partial charge in [0.1, 0.15) is 9.86 Å². The molecular formula is C11H9N5S2. The van der Waals surface area contributed by atoms with Gasteiger partial charge in [-0.3, -0.25) is 0 Å². The topological polar surface area (TPSA) is 77.6 Å². The van der Waals surface area contributed by atoms with E-state index < -0.39 is 0 Å². The fourth-order valence-electron chi connectivity index (χ4n) is 1.44. The minimum absolute atomic E-state index is 0.277. The monoisotopic (exact) mass is 275 g/mol. The summed E-state index contributed by atoms with van der Waals surface area (Å²) in [6, 6.07) is 1.98. The standard InChI is InChI=1S/C11H9N5S2/c1-6-4-13-11(14-5-6)18-9-7-2-3-17-8(7)15-10(12)16-9/h2-5H,1H3,(H2,12,15,16). The molecule has 0 fully saturated rings. The third-order valence-corrected chi connectivity index (χ3v) is 3.96. The largest absolute Gasteiger partial charge is 0.368 e. The number of nitrogens with two attached hydrogens (primary N) is 1. The molecule has 0 radical (unpaired) electrons. The molecule has 0 amide bonds. The Morgan fingerprint density at radius 1 is 1.22 bits per heavy atom. The second kappa shape index (κ2) is 4.51. The lowest BCUT2D eigenvalue weighted by Crippen LogP contribution is -1.96. The first kappa shape index (κ1) is 11.4. The zero-order chi connectivity index (χ0) is 12.5. The first-order valence-electron chi connectivity index (χ1n) is 5.19. The average molecular weight is 275 g/mol. The summed E-state index contributed by atoms with van der Waals surface area (Å²) in [5.74, 6) is 0.277. The SMILES string of the molecule is Cc1cnc(Sc2nc(N)nc3sccc23)nc1. The van der Waals surface area contributed by atoms with Crippen molar-refractivity contribution in [3.8, 4) is 0 Å². The van der Waals surface area contributed by atoms with Gasteiger partial charge < -0.3 is 5.73 Å². The summed E-state index contributed by atoms with van der Waals surface area (Å²) in [5.41, 5.74) is 6.72. The molecule has 3 rings (SSSR count). The molecule has 18 heavy (non-hydrogen) atoms. The Balaban J connectivity index is 2.03. The third kappa shape index (κ3) is 2.14. The van der Waals surface area contributed by atoms with Crippen molar-refractivity contribution in [2.75, 3.05) is 5.73 Å². The summed E-state index contributed by atoms with van der Waals surface area (Å²) >= 11 is 2.94. The second-order valence-corrected chi connectivity index (χ2v) is 5.52. The molecule has 90 valence electrons. The summed E-state index contributed by atoms with van der Waals surface area (Å²) in [5, 5.41) is 4.41. The van der Waals surface area contributed by atoms with E-state index in [1.807, 2.05) is 18.4 Å². The van der Waals surface area contributed by atoms with E-state index in [-0.39, 0.29) is 5.95 Å². The number of rotatable bonds is 2. The van der Waals surface area contributed by atoms with Crippen LogP contribution in [0.2, 0.25) is 0 Å². The Labute approximate surface area is 112 Å². The van der Waals surface area contributed by atoms with Crippen molar-refractivity contribution in [2.24, 2.45) is 0 Å². The van der Waals surface area contributed by atoms with Gasteiger partial charge in [0.15, 0.2) is 5.16 Å². The van der Waals surface area contributed by atoms with Gasteiger partial charge in [0.25, 0.3) is 0 Å². The van der Waals surface area contributed by atoms with Gasteiger partial charge in [0.05, 0.1) is 0 Å². The summed E-state index contributed by atoms with van der Waals surface area (Å²) in [6.07, 6.45) is 3.56. The first-order chi connectivity index (χ1) is 8.72. The van der Waals surface area contributed by atoms with E-state index in [0.29, 0.717) is 5.16 Å². The lowest BCUT2D eigenvalue weighted by Gasteiger charge is -2.02. The predicted molar refractivity (Wildman–Crippen MR) is 72.7 cm³/mol. The molecule has 2 N–H and O–H groups in total. The Kier molecular flexibility index (Phi) is 2.85. The van der Waals surface area contributed by atoms with Gasteiger partial charge in [-0.2, -0.15) is 0 Å². The molecule has 0 aliphatic rings. The highest BCUT2D eigenvalue weighted by atomic mass is 32.2. The van der Waals surface area contributed by atoms with Gasteiger partial charge >= 0.3 is 0 Å². The summed E-state index contributed by atoms with van der Waals surface area (Å²) in [7, 11) is 0. The molecule has 0 aromatic carbocycles. The molecule has 3 aromatic rings. The van der Waals surface area contributed by atoms with Crippen molar-refractivity contribution in [1.29, 1.82) is 0 Å². The number of anilines is 1. The molecule has 0 unspecified atom stereocenters. The molecule has 3 aromatic heterocycles. The van der Waals surface area contributed by atoms with Crippen LogP contribution in [0.3, 0.4) is 0 Å². The predicted octanol–water partition coefficient (Wildman–Crippen LogP) is 2.52. The van der Waals surface area contributed by atoms with E-state index in [1.54, 1.807) is 23.7 Å². The number of fused-ring (bicyclic) bond motifs is 1. The molecule has 7 heteroatoms. The molecule has 0 atom stereocenters. The van der Waals surface area contributed by atoms with Gasteiger partial charge in [-0.25, -0.2) is 19.9 Å². The van der Waals surface area contributed by atoms with E-state index in [2.05, 4.69) is 19.9 Å². The number of thiophene rings is 1. The van der Waals surface area contributed by atoms with Crippen LogP contribution in [0.15, 0.2) is 34.0 Å². The van der Waals surface area contributed by atoms with E-state index in [9.17, 15) is 0 Å². The molecule has 0 saturated heterocycles. The van der Waals surface area contributed by atoms with Gasteiger partial charge in [0, 0.05) is 17.8 Å². The molecule has 0 saturated carbocycles. The van der Waals surface area contributed by atoms with Crippen molar-refractivity contribution in [3.63, 3.8) is 0 Å². The molecule has 0 aliphatic carbocycles. The molecule has 0 bridgehead atoms. The van der Waals surface area contributed by atoms with Gasteiger partial charge in [-0.15, -0.1) is 11.3 Å². The van der Waals surface area contributed by atoms with Crippen LogP contribution in [0.1, 0.15) is 5.56 Å². The molecule has 5 nitrogen and oxygen atoms in total. The first-order valence-corrected chi connectivity index (χ1v) is 6.89. The van der Waals surface area contributed by atoms with Crippen LogP contribution in [-0.4, -0.2) is 19.9 Å². The maximum Gasteiger partial charge on any atom is 0.222 e. The van der Waals surface area contributed by atoms with Crippen molar-refractivity contribution in [1.82, 2.24) is 19.9 Å². The Bertz CT molecular complexity index is 692. The van der Waals surface area contributed by atoms with Crippen molar-refractivity contribution >= 4 is 39.3 Å². The smallest absolute Gasteiger partial charge is 0.222 e. The third-order valence-electron chi connectivity index (χ3n) is 2.25. The Morgan fingerprint density at radius 3 is 2.78 bits per heavy atom. The fourth-order valence-corrected chi connectivity index (χ4v) is 3.07. The maximum atomic E-state index is 5.69. The van der Waals surface area contributed by atoms with E-state index in [0.717, 1.165) is 20.8 Å². The summed E-state index contributed by atoms with van der Waals surface area (Å²) in [4.78, 5) is 17.8. The minimum atomic E-state index is 0.277. The summed E-state index contributed by atoms with van der Waals surface area (Å²) in [6.45, 7) is 1.95. The lowest BCUT2D eigenvalue weighted by atomic mass is 10.4. The zero-order valence-electron chi connectivity index (χ0n) is 9.49. The molecule has 3 heterocycles. The number of aryl methyl sites for hydroxylation is 1. The van der Waals surface area contributed by atoms with Crippen LogP contribution in [-0.2, 0) is 0 Å². The maximum absolute atomic E-state index is 5.69. The van der Waals surface area contributed by atoms with Gasteiger partial charge in [-0.1, -0.05) is 0 Å². The van der Waals surface area contributed by atoms with Crippen LogP contribution < -0.4 is 5.73 Å². The number of hydrogen-bond acceptors (Lipinski definition) is 7. The van der Waals surface area contributed by atoms with Crippen LogP contribution in [0.5, 0.6) is 0 Å². The van der Waals surface area contributed by atoms with E-state index >= 15 is 0 Å². The highest BCUT2D eigenvalue weighted by Crippen LogP contribution is 2.32. The molecule has 0 aliphatic heterocycles. The average Bonchev–Trinajstić information content (AvgIpc) is 2.80. The van der Waals surface area contributed by atoms with Crippen LogP contribution in [0, 0.1) is 6.92 Å². The zero-order valence-corrected chi connectivity index (χ0v) is 11.1.